The second kappa shape index (κ2) is 7.66. The first-order valence-corrected chi connectivity index (χ1v) is 10.2. The third-order valence-corrected chi connectivity index (χ3v) is 5.98. The van der Waals surface area contributed by atoms with Crippen LogP contribution in [0.15, 0.2) is 64.6 Å². The van der Waals surface area contributed by atoms with E-state index in [0.717, 1.165) is 19.7 Å². The fourth-order valence-electron chi connectivity index (χ4n) is 3.01. The van der Waals surface area contributed by atoms with Crippen LogP contribution in [0.5, 0.6) is 0 Å². The molecule has 136 valence electrons. The zero-order chi connectivity index (χ0) is 18.8. The van der Waals surface area contributed by atoms with Crippen LogP contribution in [0.4, 0.5) is 0 Å². The van der Waals surface area contributed by atoms with Gasteiger partial charge in [0.2, 0.25) is 0 Å². The SMILES string of the molecule is Cc1ccc(Cn2c(C(=O)NCc3ccccn3)cc3sc(Br)cc32)cc1. The molecule has 3 aromatic heterocycles. The highest BCUT2D eigenvalue weighted by molar-refractivity contribution is 9.11. The molecule has 0 atom stereocenters. The summed E-state index contributed by atoms with van der Waals surface area (Å²) in [7, 11) is 0. The van der Waals surface area contributed by atoms with E-state index in [2.05, 4.69) is 68.1 Å². The number of thiophene rings is 1. The maximum absolute atomic E-state index is 12.9. The first kappa shape index (κ1) is 17.9. The van der Waals surface area contributed by atoms with Crippen LogP contribution in [0.3, 0.4) is 0 Å². The summed E-state index contributed by atoms with van der Waals surface area (Å²) in [6.45, 7) is 3.14. The van der Waals surface area contributed by atoms with Crippen LogP contribution in [0.2, 0.25) is 0 Å². The van der Waals surface area contributed by atoms with Crippen molar-refractivity contribution in [3.63, 3.8) is 0 Å². The molecule has 0 saturated heterocycles. The minimum absolute atomic E-state index is 0.0905. The molecular weight excluding hydrogens is 422 g/mol. The largest absolute Gasteiger partial charge is 0.345 e. The maximum atomic E-state index is 12.9. The second-order valence-electron chi connectivity index (χ2n) is 6.41. The summed E-state index contributed by atoms with van der Waals surface area (Å²) < 4.78 is 4.23. The molecule has 6 heteroatoms. The number of carbonyl (C=O) groups excluding carboxylic acids is 1. The van der Waals surface area contributed by atoms with Crippen LogP contribution >= 0.6 is 27.3 Å². The lowest BCUT2D eigenvalue weighted by atomic mass is 10.1. The molecule has 0 spiro atoms. The highest BCUT2D eigenvalue weighted by Crippen LogP contribution is 2.33. The van der Waals surface area contributed by atoms with Crippen molar-refractivity contribution in [3.8, 4) is 0 Å². The summed E-state index contributed by atoms with van der Waals surface area (Å²) in [5.74, 6) is -0.0905. The van der Waals surface area contributed by atoms with Crippen molar-refractivity contribution in [1.82, 2.24) is 14.9 Å². The number of nitrogens with one attached hydrogen (secondary N) is 1. The van der Waals surface area contributed by atoms with Gasteiger partial charge in [0, 0.05) is 12.7 Å². The van der Waals surface area contributed by atoms with Gasteiger partial charge >= 0.3 is 0 Å². The van der Waals surface area contributed by atoms with Crippen LogP contribution in [0.25, 0.3) is 10.2 Å². The average molecular weight is 440 g/mol. The molecular formula is C21H18BrN3OS. The number of benzene rings is 1. The standard InChI is InChI=1S/C21H18BrN3OS/c1-14-5-7-15(8-6-14)13-25-17-11-20(22)27-19(17)10-18(25)21(26)24-12-16-4-2-3-9-23-16/h2-11H,12-13H2,1H3,(H,24,26). The van der Waals surface area contributed by atoms with E-state index in [0.29, 0.717) is 18.8 Å². The first-order valence-electron chi connectivity index (χ1n) is 8.62. The lowest BCUT2D eigenvalue weighted by Gasteiger charge is -2.11. The highest BCUT2D eigenvalue weighted by Gasteiger charge is 2.18. The first-order chi connectivity index (χ1) is 13.1. The van der Waals surface area contributed by atoms with Gasteiger partial charge in [-0.25, -0.2) is 0 Å². The number of rotatable bonds is 5. The zero-order valence-electron chi connectivity index (χ0n) is 14.8. The lowest BCUT2D eigenvalue weighted by molar-refractivity contribution is 0.0942. The minimum Gasteiger partial charge on any atom is -0.345 e. The Morgan fingerprint density at radius 3 is 2.74 bits per heavy atom. The molecule has 0 fully saturated rings. The topological polar surface area (TPSA) is 46.9 Å². The van der Waals surface area contributed by atoms with E-state index in [-0.39, 0.29) is 5.91 Å². The van der Waals surface area contributed by atoms with Crippen LogP contribution in [-0.2, 0) is 13.1 Å². The van der Waals surface area contributed by atoms with Gasteiger partial charge in [0.25, 0.3) is 5.91 Å². The molecule has 4 rings (SSSR count). The van der Waals surface area contributed by atoms with Gasteiger partial charge in [-0.15, -0.1) is 11.3 Å². The Morgan fingerprint density at radius 2 is 2.00 bits per heavy atom. The molecule has 1 N–H and O–H groups in total. The zero-order valence-corrected chi connectivity index (χ0v) is 17.2. The number of nitrogens with zero attached hydrogens (tertiary/aromatic N) is 2. The highest BCUT2D eigenvalue weighted by atomic mass is 79.9. The molecule has 0 aliphatic carbocycles. The number of pyridine rings is 1. The van der Waals surface area contributed by atoms with E-state index in [1.165, 1.54) is 11.1 Å². The predicted octanol–water partition coefficient (Wildman–Crippen LogP) is 5.15. The Balaban J connectivity index is 1.64. The summed E-state index contributed by atoms with van der Waals surface area (Å²) in [5.41, 5.74) is 4.96. The van der Waals surface area contributed by atoms with E-state index in [1.807, 2.05) is 24.3 Å². The van der Waals surface area contributed by atoms with Gasteiger partial charge < -0.3 is 9.88 Å². The molecule has 0 aliphatic heterocycles. The van der Waals surface area contributed by atoms with E-state index in [1.54, 1.807) is 17.5 Å². The van der Waals surface area contributed by atoms with Crippen molar-refractivity contribution in [1.29, 1.82) is 0 Å². The number of hydrogen-bond donors (Lipinski definition) is 1. The fourth-order valence-corrected chi connectivity index (χ4v) is 4.58. The molecule has 1 amide bonds. The van der Waals surface area contributed by atoms with E-state index in [9.17, 15) is 4.79 Å². The Hall–Kier alpha value is -2.44. The molecule has 0 bridgehead atoms. The number of amides is 1. The number of aromatic nitrogens is 2. The van der Waals surface area contributed by atoms with Gasteiger partial charge in [-0.1, -0.05) is 35.9 Å². The monoisotopic (exact) mass is 439 g/mol. The minimum atomic E-state index is -0.0905. The van der Waals surface area contributed by atoms with Crippen LogP contribution < -0.4 is 5.32 Å². The smallest absolute Gasteiger partial charge is 0.268 e. The lowest BCUT2D eigenvalue weighted by Crippen LogP contribution is -2.26. The molecule has 1 aromatic carbocycles. The molecule has 0 saturated carbocycles. The second-order valence-corrected chi connectivity index (χ2v) is 8.87. The number of carbonyl (C=O) groups is 1. The quantitative estimate of drug-likeness (QED) is 0.467. The summed E-state index contributed by atoms with van der Waals surface area (Å²) >= 11 is 5.19. The maximum Gasteiger partial charge on any atom is 0.268 e. The predicted molar refractivity (Wildman–Crippen MR) is 113 cm³/mol. The van der Waals surface area contributed by atoms with Gasteiger partial charge in [-0.05, 0) is 52.7 Å². The van der Waals surface area contributed by atoms with Gasteiger partial charge in [-0.3, -0.25) is 9.78 Å². The number of halogens is 1. The van der Waals surface area contributed by atoms with Crippen molar-refractivity contribution in [2.45, 2.75) is 20.0 Å². The molecule has 3 heterocycles. The Morgan fingerprint density at radius 1 is 1.19 bits per heavy atom. The van der Waals surface area contributed by atoms with Crippen molar-refractivity contribution in [2.75, 3.05) is 0 Å². The summed E-state index contributed by atoms with van der Waals surface area (Å²) in [4.78, 5) is 17.1. The third-order valence-electron chi connectivity index (χ3n) is 4.41. The van der Waals surface area contributed by atoms with E-state index < -0.39 is 0 Å². The van der Waals surface area contributed by atoms with Crippen LogP contribution in [0, 0.1) is 6.92 Å². The van der Waals surface area contributed by atoms with Crippen molar-refractivity contribution < 1.29 is 4.79 Å². The van der Waals surface area contributed by atoms with Crippen molar-refractivity contribution in [3.05, 3.63) is 87.1 Å². The molecule has 0 aliphatic rings. The van der Waals surface area contributed by atoms with Gasteiger partial charge in [-0.2, -0.15) is 0 Å². The average Bonchev–Trinajstić information content (AvgIpc) is 3.19. The Bertz CT molecular complexity index is 1080. The van der Waals surface area contributed by atoms with Crippen LogP contribution in [0.1, 0.15) is 27.3 Å². The number of aryl methyl sites for hydroxylation is 1. The molecule has 0 radical (unpaired) electrons. The van der Waals surface area contributed by atoms with E-state index in [4.69, 9.17) is 0 Å². The molecule has 27 heavy (non-hydrogen) atoms. The Labute approximate surface area is 170 Å². The summed E-state index contributed by atoms with van der Waals surface area (Å²) in [5, 5.41) is 2.99. The van der Waals surface area contributed by atoms with Gasteiger partial charge in [0.05, 0.1) is 26.2 Å². The van der Waals surface area contributed by atoms with Gasteiger partial charge in [0.15, 0.2) is 0 Å². The van der Waals surface area contributed by atoms with Gasteiger partial charge in [0.1, 0.15) is 5.69 Å². The van der Waals surface area contributed by atoms with Crippen LogP contribution in [-0.4, -0.2) is 15.5 Å². The summed E-state index contributed by atoms with van der Waals surface area (Å²) in [6, 6.07) is 18.1. The third kappa shape index (κ3) is 3.96. The number of hydrogen-bond acceptors (Lipinski definition) is 3. The van der Waals surface area contributed by atoms with E-state index >= 15 is 0 Å². The normalized spacial score (nSPS) is 11.0. The van der Waals surface area contributed by atoms with Crippen molar-refractivity contribution >= 4 is 43.4 Å². The molecule has 4 nitrogen and oxygen atoms in total. The Kier molecular flexibility index (Phi) is 5.09. The number of fused-ring (bicyclic) bond motifs is 1. The molecule has 4 aromatic rings. The van der Waals surface area contributed by atoms with Crippen molar-refractivity contribution in [2.24, 2.45) is 0 Å². The fraction of sp³-hybridized carbons (Fsp3) is 0.143. The molecule has 0 unspecified atom stereocenters. The summed E-state index contributed by atoms with van der Waals surface area (Å²) in [6.07, 6.45) is 1.73.